The van der Waals surface area contributed by atoms with Crippen LogP contribution in [0.5, 0.6) is 0 Å². The minimum absolute atomic E-state index is 0.0278. The van der Waals surface area contributed by atoms with Crippen molar-refractivity contribution < 1.29 is 4.79 Å². The third kappa shape index (κ3) is 5.69. The number of piperidine rings is 1. The molecule has 156 valence electrons. The Labute approximate surface area is 179 Å². The van der Waals surface area contributed by atoms with Gasteiger partial charge in [-0.3, -0.25) is 4.79 Å². The number of anilines is 2. The van der Waals surface area contributed by atoms with Gasteiger partial charge in [-0.25, -0.2) is 9.97 Å². The second kappa shape index (κ2) is 9.57. The molecule has 0 radical (unpaired) electrons. The van der Waals surface area contributed by atoms with Gasteiger partial charge in [-0.05, 0) is 69.4 Å². The molecule has 0 atom stereocenters. The number of aromatic nitrogens is 2. The third-order valence-corrected chi connectivity index (χ3v) is 5.68. The molecule has 1 aromatic carbocycles. The Morgan fingerprint density at radius 1 is 1.14 bits per heavy atom. The topological polar surface area (TPSA) is 49.3 Å². The van der Waals surface area contributed by atoms with Gasteiger partial charge in [0.1, 0.15) is 0 Å². The van der Waals surface area contributed by atoms with Crippen LogP contribution in [0.15, 0.2) is 30.3 Å². The van der Waals surface area contributed by atoms with Gasteiger partial charge >= 0.3 is 0 Å². The number of carbonyl (C=O) groups is 1. The van der Waals surface area contributed by atoms with Gasteiger partial charge in [0.2, 0.25) is 11.9 Å². The van der Waals surface area contributed by atoms with E-state index in [-0.39, 0.29) is 11.8 Å². The summed E-state index contributed by atoms with van der Waals surface area (Å²) in [4.78, 5) is 26.7. The summed E-state index contributed by atoms with van der Waals surface area (Å²) in [5.74, 6) is 1.57. The number of benzene rings is 1. The Kier molecular flexibility index (Phi) is 7.12. The standard InChI is InChI=1S/C23H31ClN4O/c1-16(2)9-14-28(21-7-5-20(24)6-8-21)22(29)19-10-12-27(13-11-19)23-25-17(3)15-18(4)26-23/h5-8,15-16,19H,9-14H2,1-4H3. The van der Waals surface area contributed by atoms with E-state index in [1.807, 2.05) is 49.1 Å². The molecular weight excluding hydrogens is 384 g/mol. The Morgan fingerprint density at radius 2 is 1.72 bits per heavy atom. The third-order valence-electron chi connectivity index (χ3n) is 5.43. The van der Waals surface area contributed by atoms with Gasteiger partial charge in [0, 0.05) is 47.7 Å². The summed E-state index contributed by atoms with van der Waals surface area (Å²) in [5.41, 5.74) is 2.89. The van der Waals surface area contributed by atoms with E-state index in [0.717, 1.165) is 61.9 Å². The fourth-order valence-corrected chi connectivity index (χ4v) is 3.90. The zero-order valence-corrected chi connectivity index (χ0v) is 18.6. The average Bonchev–Trinajstić information content (AvgIpc) is 2.68. The van der Waals surface area contributed by atoms with Crippen LogP contribution in [0.3, 0.4) is 0 Å². The minimum atomic E-state index is 0.0278. The number of amides is 1. The fraction of sp³-hybridized carbons (Fsp3) is 0.522. The number of halogens is 1. The molecule has 29 heavy (non-hydrogen) atoms. The Balaban J connectivity index is 1.69. The van der Waals surface area contributed by atoms with Crippen molar-refractivity contribution in [2.24, 2.45) is 11.8 Å². The van der Waals surface area contributed by atoms with Crippen molar-refractivity contribution in [1.29, 1.82) is 0 Å². The number of carbonyl (C=O) groups excluding carboxylic acids is 1. The van der Waals surface area contributed by atoms with E-state index in [2.05, 4.69) is 28.7 Å². The van der Waals surface area contributed by atoms with E-state index >= 15 is 0 Å². The van der Waals surface area contributed by atoms with Crippen LogP contribution in [0.1, 0.15) is 44.5 Å². The van der Waals surface area contributed by atoms with E-state index in [1.54, 1.807) is 0 Å². The maximum atomic E-state index is 13.4. The molecule has 0 N–H and O–H groups in total. The summed E-state index contributed by atoms with van der Waals surface area (Å²) in [6.45, 7) is 10.7. The molecule has 1 aliphatic rings. The molecule has 1 aromatic heterocycles. The molecule has 0 saturated carbocycles. The molecule has 0 spiro atoms. The van der Waals surface area contributed by atoms with E-state index in [4.69, 9.17) is 11.6 Å². The Morgan fingerprint density at radius 3 is 2.28 bits per heavy atom. The SMILES string of the molecule is Cc1cc(C)nc(N2CCC(C(=O)N(CCC(C)C)c3ccc(Cl)cc3)CC2)n1. The molecule has 3 rings (SSSR count). The van der Waals surface area contributed by atoms with Gasteiger partial charge in [0.15, 0.2) is 0 Å². The van der Waals surface area contributed by atoms with Crippen LogP contribution in [-0.2, 0) is 4.79 Å². The van der Waals surface area contributed by atoms with Crippen molar-refractivity contribution in [2.75, 3.05) is 29.4 Å². The largest absolute Gasteiger partial charge is 0.341 e. The molecule has 0 bridgehead atoms. The highest BCUT2D eigenvalue weighted by Crippen LogP contribution is 2.27. The van der Waals surface area contributed by atoms with Crippen LogP contribution in [0.2, 0.25) is 5.02 Å². The molecule has 2 heterocycles. The lowest BCUT2D eigenvalue weighted by molar-refractivity contribution is -0.123. The van der Waals surface area contributed by atoms with E-state index < -0.39 is 0 Å². The van der Waals surface area contributed by atoms with Gasteiger partial charge in [-0.15, -0.1) is 0 Å². The lowest BCUT2D eigenvalue weighted by Gasteiger charge is -2.34. The first kappa shape index (κ1) is 21.6. The van der Waals surface area contributed by atoms with Crippen LogP contribution >= 0.6 is 11.6 Å². The molecule has 1 fully saturated rings. The Hall–Kier alpha value is -2.14. The highest BCUT2D eigenvalue weighted by atomic mass is 35.5. The minimum Gasteiger partial charge on any atom is -0.341 e. The quantitative estimate of drug-likeness (QED) is 0.664. The van der Waals surface area contributed by atoms with Crippen molar-refractivity contribution in [3.05, 3.63) is 46.7 Å². The van der Waals surface area contributed by atoms with Crippen LogP contribution in [-0.4, -0.2) is 35.5 Å². The summed E-state index contributed by atoms with van der Waals surface area (Å²) in [5, 5.41) is 0.687. The van der Waals surface area contributed by atoms with Gasteiger partial charge in [-0.1, -0.05) is 25.4 Å². The predicted molar refractivity (Wildman–Crippen MR) is 120 cm³/mol. The van der Waals surface area contributed by atoms with Crippen molar-refractivity contribution in [3.8, 4) is 0 Å². The zero-order chi connectivity index (χ0) is 21.0. The summed E-state index contributed by atoms with van der Waals surface area (Å²) < 4.78 is 0. The van der Waals surface area contributed by atoms with Gasteiger partial charge < -0.3 is 9.80 Å². The van der Waals surface area contributed by atoms with Crippen molar-refractivity contribution in [2.45, 2.75) is 47.0 Å². The van der Waals surface area contributed by atoms with Crippen molar-refractivity contribution >= 4 is 29.1 Å². The zero-order valence-electron chi connectivity index (χ0n) is 17.9. The highest BCUT2D eigenvalue weighted by Gasteiger charge is 2.30. The first-order chi connectivity index (χ1) is 13.8. The first-order valence-electron chi connectivity index (χ1n) is 10.5. The van der Waals surface area contributed by atoms with Gasteiger partial charge in [0.25, 0.3) is 0 Å². The Bertz CT molecular complexity index is 809. The maximum Gasteiger partial charge on any atom is 0.230 e. The molecule has 6 heteroatoms. The first-order valence-corrected chi connectivity index (χ1v) is 10.9. The lowest BCUT2D eigenvalue weighted by atomic mass is 9.94. The van der Waals surface area contributed by atoms with Crippen LogP contribution < -0.4 is 9.80 Å². The smallest absolute Gasteiger partial charge is 0.230 e. The predicted octanol–water partition coefficient (Wildman–Crippen LogP) is 5.04. The number of hydrogen-bond donors (Lipinski definition) is 0. The average molecular weight is 415 g/mol. The van der Waals surface area contributed by atoms with Crippen molar-refractivity contribution in [1.82, 2.24) is 9.97 Å². The molecule has 0 unspecified atom stereocenters. The highest BCUT2D eigenvalue weighted by molar-refractivity contribution is 6.30. The molecule has 0 aliphatic carbocycles. The summed E-state index contributed by atoms with van der Waals surface area (Å²) in [7, 11) is 0. The summed E-state index contributed by atoms with van der Waals surface area (Å²) >= 11 is 6.05. The number of rotatable bonds is 6. The molecule has 5 nitrogen and oxygen atoms in total. The molecule has 1 amide bonds. The lowest BCUT2D eigenvalue weighted by Crippen LogP contribution is -2.43. The molecule has 1 aliphatic heterocycles. The van der Waals surface area contributed by atoms with Crippen LogP contribution in [0.4, 0.5) is 11.6 Å². The van der Waals surface area contributed by atoms with Crippen molar-refractivity contribution in [3.63, 3.8) is 0 Å². The second-order valence-electron chi connectivity index (χ2n) is 8.36. The second-order valence-corrected chi connectivity index (χ2v) is 8.80. The van der Waals surface area contributed by atoms with Gasteiger partial charge in [0.05, 0.1) is 0 Å². The van der Waals surface area contributed by atoms with Crippen LogP contribution in [0, 0.1) is 25.7 Å². The summed E-state index contributed by atoms with van der Waals surface area (Å²) in [6, 6.07) is 9.58. The van der Waals surface area contributed by atoms with Gasteiger partial charge in [-0.2, -0.15) is 0 Å². The fourth-order valence-electron chi connectivity index (χ4n) is 3.77. The monoisotopic (exact) mass is 414 g/mol. The number of nitrogens with zero attached hydrogens (tertiary/aromatic N) is 4. The number of hydrogen-bond acceptors (Lipinski definition) is 4. The molecular formula is C23H31ClN4O. The molecule has 2 aromatic rings. The van der Waals surface area contributed by atoms with E-state index in [0.29, 0.717) is 10.9 Å². The normalized spacial score (nSPS) is 15.0. The van der Waals surface area contributed by atoms with Crippen LogP contribution in [0.25, 0.3) is 0 Å². The van der Waals surface area contributed by atoms with E-state index in [9.17, 15) is 4.79 Å². The van der Waals surface area contributed by atoms with E-state index in [1.165, 1.54) is 0 Å². The number of aryl methyl sites for hydroxylation is 2. The summed E-state index contributed by atoms with van der Waals surface area (Å²) in [6.07, 6.45) is 2.62. The molecule has 1 saturated heterocycles. The maximum absolute atomic E-state index is 13.4.